The molecule has 2 N–H and O–H groups in total. The van der Waals surface area contributed by atoms with Gasteiger partial charge in [0.1, 0.15) is 0 Å². The van der Waals surface area contributed by atoms with Crippen LogP contribution in [0, 0.1) is 0 Å². The van der Waals surface area contributed by atoms with E-state index >= 15 is 0 Å². The summed E-state index contributed by atoms with van der Waals surface area (Å²) in [5.41, 5.74) is 5.78. The molecule has 0 aromatic heterocycles. The molecule has 2 atom stereocenters. The highest BCUT2D eigenvalue weighted by atomic mass is 16.2. The molecule has 2 fully saturated rings. The van der Waals surface area contributed by atoms with Crippen molar-refractivity contribution in [2.24, 2.45) is 5.73 Å². The number of piperazine rings is 1. The Morgan fingerprint density at radius 3 is 3.00 bits per heavy atom. The smallest absolute Gasteiger partial charge is 0.239 e. The standard InChI is InChI=1S/C11H21N3O/c1-2-10(12)11(15)14-7-6-13-5-3-4-9(13)8-14/h9-10H,2-8,12H2,1H3/t9?,10-/m0/s1. The minimum absolute atomic E-state index is 0.143. The molecule has 86 valence electrons. The molecule has 15 heavy (non-hydrogen) atoms. The van der Waals surface area contributed by atoms with Crippen LogP contribution in [0.2, 0.25) is 0 Å². The van der Waals surface area contributed by atoms with Gasteiger partial charge < -0.3 is 10.6 Å². The van der Waals surface area contributed by atoms with E-state index in [1.54, 1.807) is 0 Å². The maximum atomic E-state index is 11.9. The van der Waals surface area contributed by atoms with Crippen molar-refractivity contribution in [2.75, 3.05) is 26.2 Å². The number of nitrogens with zero attached hydrogens (tertiary/aromatic N) is 2. The average molecular weight is 211 g/mol. The first-order valence-electron chi connectivity index (χ1n) is 6.00. The normalized spacial score (nSPS) is 28.9. The third-order valence-electron chi connectivity index (χ3n) is 3.66. The van der Waals surface area contributed by atoms with Gasteiger partial charge in [0.2, 0.25) is 5.91 Å². The summed E-state index contributed by atoms with van der Waals surface area (Å²) >= 11 is 0. The van der Waals surface area contributed by atoms with Gasteiger partial charge in [-0.1, -0.05) is 6.92 Å². The van der Waals surface area contributed by atoms with Crippen molar-refractivity contribution in [1.82, 2.24) is 9.80 Å². The fourth-order valence-corrected chi connectivity index (χ4v) is 2.60. The van der Waals surface area contributed by atoms with E-state index < -0.39 is 0 Å². The molecule has 1 amide bonds. The average Bonchev–Trinajstić information content (AvgIpc) is 2.73. The van der Waals surface area contributed by atoms with E-state index in [9.17, 15) is 4.79 Å². The summed E-state index contributed by atoms with van der Waals surface area (Å²) in [7, 11) is 0. The zero-order chi connectivity index (χ0) is 10.8. The second-order valence-corrected chi connectivity index (χ2v) is 4.63. The molecular formula is C11H21N3O. The first-order valence-corrected chi connectivity index (χ1v) is 6.00. The van der Waals surface area contributed by atoms with Gasteiger partial charge in [-0.2, -0.15) is 0 Å². The Morgan fingerprint density at radius 2 is 2.27 bits per heavy atom. The van der Waals surface area contributed by atoms with Crippen molar-refractivity contribution >= 4 is 5.91 Å². The predicted molar refractivity (Wildman–Crippen MR) is 59.4 cm³/mol. The fourth-order valence-electron chi connectivity index (χ4n) is 2.60. The lowest BCUT2D eigenvalue weighted by Crippen LogP contribution is -2.55. The molecule has 0 saturated carbocycles. The molecule has 2 heterocycles. The molecule has 4 nitrogen and oxygen atoms in total. The first-order chi connectivity index (χ1) is 7.22. The molecule has 2 aliphatic rings. The van der Waals surface area contributed by atoms with Gasteiger partial charge in [0.15, 0.2) is 0 Å². The Hall–Kier alpha value is -0.610. The third-order valence-corrected chi connectivity index (χ3v) is 3.66. The van der Waals surface area contributed by atoms with E-state index in [0.29, 0.717) is 6.04 Å². The van der Waals surface area contributed by atoms with Gasteiger partial charge in [-0.3, -0.25) is 9.69 Å². The van der Waals surface area contributed by atoms with E-state index in [-0.39, 0.29) is 11.9 Å². The Balaban J connectivity index is 1.92. The summed E-state index contributed by atoms with van der Waals surface area (Å²) < 4.78 is 0. The van der Waals surface area contributed by atoms with Gasteiger partial charge in [0.05, 0.1) is 6.04 Å². The van der Waals surface area contributed by atoms with Crippen molar-refractivity contribution in [3.63, 3.8) is 0 Å². The second kappa shape index (κ2) is 4.49. The molecule has 1 unspecified atom stereocenters. The highest BCUT2D eigenvalue weighted by molar-refractivity contribution is 5.81. The maximum absolute atomic E-state index is 11.9. The van der Waals surface area contributed by atoms with Crippen molar-refractivity contribution in [2.45, 2.75) is 38.3 Å². The quantitative estimate of drug-likeness (QED) is 0.701. The Morgan fingerprint density at radius 1 is 1.47 bits per heavy atom. The van der Waals surface area contributed by atoms with E-state index in [0.717, 1.165) is 26.1 Å². The Labute approximate surface area is 91.4 Å². The summed E-state index contributed by atoms with van der Waals surface area (Å²) in [6.07, 6.45) is 3.27. The summed E-state index contributed by atoms with van der Waals surface area (Å²) in [4.78, 5) is 16.4. The van der Waals surface area contributed by atoms with Gasteiger partial charge in [-0.05, 0) is 25.8 Å². The van der Waals surface area contributed by atoms with Gasteiger partial charge in [0.25, 0.3) is 0 Å². The molecule has 0 bridgehead atoms. The number of hydrogen-bond donors (Lipinski definition) is 1. The number of nitrogens with two attached hydrogens (primary N) is 1. The Bertz CT molecular complexity index is 244. The van der Waals surface area contributed by atoms with Crippen LogP contribution in [0.5, 0.6) is 0 Å². The minimum atomic E-state index is -0.294. The molecule has 0 spiro atoms. The molecule has 0 aromatic rings. The van der Waals surface area contributed by atoms with Crippen LogP contribution in [0.3, 0.4) is 0 Å². The van der Waals surface area contributed by atoms with Crippen LogP contribution in [-0.2, 0) is 4.79 Å². The van der Waals surface area contributed by atoms with Crippen LogP contribution in [0.1, 0.15) is 26.2 Å². The lowest BCUT2D eigenvalue weighted by Gasteiger charge is -2.38. The summed E-state index contributed by atoms with van der Waals surface area (Å²) in [5, 5.41) is 0. The number of amides is 1. The van der Waals surface area contributed by atoms with Crippen molar-refractivity contribution in [1.29, 1.82) is 0 Å². The molecule has 0 aliphatic carbocycles. The topological polar surface area (TPSA) is 49.6 Å². The van der Waals surface area contributed by atoms with Gasteiger partial charge in [-0.15, -0.1) is 0 Å². The summed E-state index contributed by atoms with van der Waals surface area (Å²) in [6.45, 7) is 5.98. The van der Waals surface area contributed by atoms with Gasteiger partial charge in [0, 0.05) is 25.7 Å². The van der Waals surface area contributed by atoms with Gasteiger partial charge >= 0.3 is 0 Å². The highest BCUT2D eigenvalue weighted by Gasteiger charge is 2.33. The van der Waals surface area contributed by atoms with Crippen molar-refractivity contribution < 1.29 is 4.79 Å². The molecular weight excluding hydrogens is 190 g/mol. The van der Waals surface area contributed by atoms with E-state index in [2.05, 4.69) is 4.90 Å². The predicted octanol–water partition coefficient (Wildman–Crippen LogP) is 0.0303. The van der Waals surface area contributed by atoms with Crippen LogP contribution in [0.25, 0.3) is 0 Å². The van der Waals surface area contributed by atoms with Gasteiger partial charge in [-0.25, -0.2) is 0 Å². The summed E-state index contributed by atoms with van der Waals surface area (Å²) in [6, 6.07) is 0.310. The monoisotopic (exact) mass is 211 g/mol. The Kier molecular flexibility index (Phi) is 3.26. The summed E-state index contributed by atoms with van der Waals surface area (Å²) in [5.74, 6) is 0.143. The fraction of sp³-hybridized carbons (Fsp3) is 0.909. The van der Waals surface area contributed by atoms with Crippen molar-refractivity contribution in [3.05, 3.63) is 0 Å². The third kappa shape index (κ3) is 2.16. The van der Waals surface area contributed by atoms with E-state index in [4.69, 9.17) is 5.73 Å². The van der Waals surface area contributed by atoms with Crippen LogP contribution in [0.15, 0.2) is 0 Å². The maximum Gasteiger partial charge on any atom is 0.239 e. The van der Waals surface area contributed by atoms with Crippen LogP contribution < -0.4 is 5.73 Å². The minimum Gasteiger partial charge on any atom is -0.338 e. The number of fused-ring (bicyclic) bond motifs is 1. The SMILES string of the molecule is CC[C@H](N)C(=O)N1CCN2CCCC2C1. The van der Waals surface area contributed by atoms with Crippen LogP contribution in [0.4, 0.5) is 0 Å². The van der Waals surface area contributed by atoms with E-state index in [1.807, 2.05) is 11.8 Å². The van der Waals surface area contributed by atoms with Crippen molar-refractivity contribution in [3.8, 4) is 0 Å². The lowest BCUT2D eigenvalue weighted by molar-refractivity contribution is -0.135. The van der Waals surface area contributed by atoms with Crippen LogP contribution >= 0.6 is 0 Å². The van der Waals surface area contributed by atoms with E-state index in [1.165, 1.54) is 19.4 Å². The number of rotatable bonds is 2. The second-order valence-electron chi connectivity index (χ2n) is 4.63. The number of hydrogen-bond acceptors (Lipinski definition) is 3. The largest absolute Gasteiger partial charge is 0.338 e. The highest BCUT2D eigenvalue weighted by Crippen LogP contribution is 2.21. The molecule has 0 radical (unpaired) electrons. The molecule has 0 aromatic carbocycles. The number of carbonyl (C=O) groups is 1. The zero-order valence-corrected chi connectivity index (χ0v) is 9.48. The van der Waals surface area contributed by atoms with Crippen LogP contribution in [-0.4, -0.2) is 54.0 Å². The molecule has 2 aliphatic heterocycles. The first kappa shape index (κ1) is 10.9. The lowest BCUT2D eigenvalue weighted by atomic mass is 10.1. The molecule has 2 saturated heterocycles. The zero-order valence-electron chi connectivity index (χ0n) is 9.48. The molecule has 2 rings (SSSR count). The number of carbonyl (C=O) groups excluding carboxylic acids is 1. The molecule has 4 heteroatoms.